The molecule has 0 fully saturated rings. The second kappa shape index (κ2) is 10.6. The van der Waals surface area contributed by atoms with Gasteiger partial charge >= 0.3 is 0 Å². The van der Waals surface area contributed by atoms with Crippen LogP contribution in [0, 0.1) is 0 Å². The van der Waals surface area contributed by atoms with E-state index in [1.54, 1.807) is 7.11 Å². The van der Waals surface area contributed by atoms with Crippen molar-refractivity contribution in [3.63, 3.8) is 0 Å². The molecule has 112 valence electrons. The fourth-order valence-electron chi connectivity index (χ4n) is 2.10. The molecule has 0 amide bonds. The van der Waals surface area contributed by atoms with Crippen molar-refractivity contribution in [2.75, 3.05) is 13.9 Å². The van der Waals surface area contributed by atoms with Gasteiger partial charge in [0.2, 0.25) is 0 Å². The van der Waals surface area contributed by atoms with Crippen LogP contribution in [0.25, 0.3) is 0 Å². The van der Waals surface area contributed by atoms with Crippen LogP contribution in [0.2, 0.25) is 0 Å². The van der Waals surface area contributed by atoms with E-state index in [1.807, 2.05) is 13.0 Å². The molecule has 1 unspecified atom stereocenters. The van der Waals surface area contributed by atoms with Crippen molar-refractivity contribution in [1.82, 2.24) is 0 Å². The zero-order chi connectivity index (χ0) is 14.6. The number of methoxy groups -OCH3 is 1. The highest BCUT2D eigenvalue weighted by Gasteiger charge is 2.06. The van der Waals surface area contributed by atoms with Gasteiger partial charge in [-0.15, -0.1) is 5.73 Å². The normalized spacial score (nSPS) is 24.0. The van der Waals surface area contributed by atoms with Crippen LogP contribution in [0.3, 0.4) is 0 Å². The molecular weight excluding hydrogens is 252 g/mol. The molecular formula is C17H26O3. The fourth-order valence-corrected chi connectivity index (χ4v) is 2.10. The third-order valence-corrected chi connectivity index (χ3v) is 3.35. The van der Waals surface area contributed by atoms with Gasteiger partial charge in [-0.05, 0) is 51.5 Å². The van der Waals surface area contributed by atoms with Gasteiger partial charge in [-0.1, -0.05) is 12.2 Å². The summed E-state index contributed by atoms with van der Waals surface area (Å²) in [6.45, 7) is 2.19. The van der Waals surface area contributed by atoms with Gasteiger partial charge in [0.25, 0.3) is 0 Å². The van der Waals surface area contributed by atoms with Gasteiger partial charge in [-0.2, -0.15) is 0 Å². The SMILES string of the molecule is COCOC1/C=C\CCCCC(=O)C(C)=C=CCCC1. The monoisotopic (exact) mass is 278 g/mol. The lowest BCUT2D eigenvalue weighted by Crippen LogP contribution is -2.11. The van der Waals surface area contributed by atoms with E-state index >= 15 is 0 Å². The summed E-state index contributed by atoms with van der Waals surface area (Å²) in [5, 5.41) is 0. The maximum atomic E-state index is 11.8. The number of Topliss-reactive ketones (excluding diaryl/α,β-unsaturated/α-hetero) is 1. The Morgan fingerprint density at radius 2 is 2.15 bits per heavy atom. The highest BCUT2D eigenvalue weighted by Crippen LogP contribution is 2.11. The largest absolute Gasteiger partial charge is 0.359 e. The second-order valence-electron chi connectivity index (χ2n) is 5.11. The molecule has 1 atom stereocenters. The number of ether oxygens (including phenoxy) is 2. The van der Waals surface area contributed by atoms with Gasteiger partial charge < -0.3 is 9.47 Å². The lowest BCUT2D eigenvalue weighted by Gasteiger charge is -2.13. The molecule has 0 saturated heterocycles. The van der Waals surface area contributed by atoms with Crippen molar-refractivity contribution in [3.05, 3.63) is 29.5 Å². The van der Waals surface area contributed by atoms with Crippen molar-refractivity contribution in [2.24, 2.45) is 0 Å². The van der Waals surface area contributed by atoms with Crippen molar-refractivity contribution in [3.8, 4) is 0 Å². The van der Waals surface area contributed by atoms with E-state index in [-0.39, 0.29) is 11.9 Å². The molecule has 0 aliphatic heterocycles. The van der Waals surface area contributed by atoms with E-state index in [2.05, 4.69) is 17.9 Å². The van der Waals surface area contributed by atoms with Crippen LogP contribution in [0.1, 0.15) is 51.9 Å². The quantitative estimate of drug-likeness (QED) is 0.445. The van der Waals surface area contributed by atoms with Crippen molar-refractivity contribution in [2.45, 2.75) is 58.0 Å². The van der Waals surface area contributed by atoms with E-state index in [4.69, 9.17) is 9.47 Å². The molecule has 0 bridgehead atoms. The molecule has 0 radical (unpaired) electrons. The predicted octanol–water partition coefficient (Wildman–Crippen LogP) is 3.95. The zero-order valence-corrected chi connectivity index (χ0v) is 12.7. The van der Waals surface area contributed by atoms with E-state index < -0.39 is 0 Å². The summed E-state index contributed by atoms with van der Waals surface area (Å²) in [5.74, 6) is 0.226. The van der Waals surface area contributed by atoms with Gasteiger partial charge in [0.05, 0.1) is 6.10 Å². The zero-order valence-electron chi connectivity index (χ0n) is 12.7. The van der Waals surface area contributed by atoms with Gasteiger partial charge in [-0.3, -0.25) is 4.79 Å². The first-order valence-electron chi connectivity index (χ1n) is 7.46. The molecule has 0 aromatic rings. The number of ketones is 1. The highest BCUT2D eigenvalue weighted by molar-refractivity contribution is 5.94. The smallest absolute Gasteiger partial charge is 0.166 e. The van der Waals surface area contributed by atoms with E-state index in [9.17, 15) is 4.79 Å². The lowest BCUT2D eigenvalue weighted by atomic mass is 10.0. The van der Waals surface area contributed by atoms with Crippen LogP contribution >= 0.6 is 0 Å². The summed E-state index contributed by atoms with van der Waals surface area (Å²) in [7, 11) is 1.64. The van der Waals surface area contributed by atoms with Crippen LogP contribution < -0.4 is 0 Å². The minimum absolute atomic E-state index is 0.123. The minimum atomic E-state index is 0.123. The average Bonchev–Trinajstić information content (AvgIpc) is 2.45. The van der Waals surface area contributed by atoms with Crippen molar-refractivity contribution < 1.29 is 14.3 Å². The van der Waals surface area contributed by atoms with Gasteiger partial charge in [-0.25, -0.2) is 0 Å². The van der Waals surface area contributed by atoms with Crippen molar-refractivity contribution in [1.29, 1.82) is 0 Å². The number of hydrogen-bond donors (Lipinski definition) is 0. The summed E-state index contributed by atoms with van der Waals surface area (Å²) in [6.07, 6.45) is 12.9. The second-order valence-corrected chi connectivity index (χ2v) is 5.11. The Labute approximate surface area is 122 Å². The molecule has 3 heteroatoms. The number of rotatable bonds is 3. The first-order chi connectivity index (χ1) is 9.74. The topological polar surface area (TPSA) is 35.5 Å². The predicted molar refractivity (Wildman–Crippen MR) is 80.5 cm³/mol. The summed E-state index contributed by atoms with van der Waals surface area (Å²) in [6, 6.07) is 0. The summed E-state index contributed by atoms with van der Waals surface area (Å²) >= 11 is 0. The maximum Gasteiger partial charge on any atom is 0.166 e. The standard InChI is InChI=1S/C17H26O3/c1-15-10-6-5-8-12-16(20-14-19-2)11-7-3-4-9-13-17(15)18/h6-7,11,16H,3-5,8-9,12-14H2,1-2H3/b11-7-. The summed E-state index contributed by atoms with van der Waals surface area (Å²) in [4.78, 5) is 11.8. The van der Waals surface area contributed by atoms with E-state index in [0.717, 1.165) is 44.1 Å². The molecule has 0 spiro atoms. The Morgan fingerprint density at radius 1 is 1.30 bits per heavy atom. The number of hydrogen-bond acceptors (Lipinski definition) is 3. The van der Waals surface area contributed by atoms with E-state index in [0.29, 0.717) is 13.2 Å². The van der Waals surface area contributed by atoms with Gasteiger partial charge in [0, 0.05) is 19.1 Å². The summed E-state index contributed by atoms with van der Waals surface area (Å²) < 4.78 is 10.6. The third-order valence-electron chi connectivity index (χ3n) is 3.35. The van der Waals surface area contributed by atoms with Crippen LogP contribution in [0.15, 0.2) is 29.5 Å². The molecule has 3 nitrogen and oxygen atoms in total. The van der Waals surface area contributed by atoms with Gasteiger partial charge in [0.1, 0.15) is 6.79 Å². The molecule has 0 aromatic heterocycles. The Bertz CT molecular complexity index is 376. The van der Waals surface area contributed by atoms with Crippen LogP contribution in [-0.2, 0) is 14.3 Å². The first-order valence-corrected chi connectivity index (χ1v) is 7.46. The summed E-state index contributed by atoms with van der Waals surface area (Å²) in [5.41, 5.74) is 3.86. The van der Waals surface area contributed by atoms with Crippen molar-refractivity contribution >= 4 is 5.78 Å². The first kappa shape index (κ1) is 16.9. The highest BCUT2D eigenvalue weighted by atomic mass is 16.7. The van der Waals surface area contributed by atoms with Gasteiger partial charge in [0.15, 0.2) is 5.78 Å². The molecule has 1 rings (SSSR count). The Morgan fingerprint density at radius 3 is 2.95 bits per heavy atom. The number of allylic oxidation sites excluding steroid dienone is 2. The van der Waals surface area contributed by atoms with Crippen LogP contribution in [0.5, 0.6) is 0 Å². The Balaban J connectivity index is 2.59. The number of carbonyl (C=O) groups excluding carboxylic acids is 1. The minimum Gasteiger partial charge on any atom is -0.359 e. The fraction of sp³-hybridized carbons (Fsp3) is 0.647. The van der Waals surface area contributed by atoms with Crippen LogP contribution in [0.4, 0.5) is 0 Å². The Hall–Kier alpha value is -1.15. The molecule has 1 aliphatic carbocycles. The number of carbonyl (C=O) groups is 1. The molecule has 0 N–H and O–H groups in total. The maximum absolute atomic E-state index is 11.8. The van der Waals surface area contributed by atoms with Crippen LogP contribution in [-0.4, -0.2) is 25.8 Å². The average molecular weight is 278 g/mol. The molecule has 1 aliphatic rings. The Kier molecular flexibility index (Phi) is 8.97. The molecule has 20 heavy (non-hydrogen) atoms. The van der Waals surface area contributed by atoms with E-state index in [1.165, 1.54) is 0 Å². The molecule has 0 heterocycles. The lowest BCUT2D eigenvalue weighted by molar-refractivity contribution is -0.115. The molecule has 0 aromatic carbocycles. The third kappa shape index (κ3) is 7.44. The molecule has 0 saturated carbocycles.